The minimum absolute atomic E-state index is 0.575. The van der Waals surface area contributed by atoms with Crippen molar-refractivity contribution in [1.82, 2.24) is 19.7 Å². The van der Waals surface area contributed by atoms with Gasteiger partial charge in [0.25, 0.3) is 0 Å². The fourth-order valence-corrected chi connectivity index (χ4v) is 1.85. The molecular weight excluding hydrogens is 214 g/mol. The Kier molecular flexibility index (Phi) is 2.04. The van der Waals surface area contributed by atoms with Gasteiger partial charge in [-0.25, -0.2) is 9.97 Å². The predicted molar refractivity (Wildman–Crippen MR) is 65.8 cm³/mol. The molecule has 0 bridgehead atoms. The van der Waals surface area contributed by atoms with Crippen LogP contribution in [0.15, 0.2) is 36.7 Å². The van der Waals surface area contributed by atoms with Gasteiger partial charge in [0.1, 0.15) is 12.1 Å². The molecule has 3 aromatic rings. The number of aryl methyl sites for hydroxylation is 1. The summed E-state index contributed by atoms with van der Waals surface area (Å²) in [5.74, 6) is 1.28. The molecule has 5 heteroatoms. The number of benzene rings is 1. The Bertz CT molecular complexity index is 681. The lowest BCUT2D eigenvalue weighted by atomic mass is 10.2. The quantitative estimate of drug-likeness (QED) is 0.684. The van der Waals surface area contributed by atoms with Crippen LogP contribution in [0.3, 0.4) is 0 Å². The maximum Gasteiger partial charge on any atom is 0.166 e. The lowest BCUT2D eigenvalue weighted by Crippen LogP contribution is -2.05. The Morgan fingerprint density at radius 3 is 2.76 bits per heavy atom. The van der Waals surface area contributed by atoms with Crippen molar-refractivity contribution in [3.8, 4) is 5.82 Å². The first-order valence-electron chi connectivity index (χ1n) is 5.28. The summed E-state index contributed by atoms with van der Waals surface area (Å²) >= 11 is 0. The molecule has 0 fully saturated rings. The smallest absolute Gasteiger partial charge is 0.166 e. The minimum Gasteiger partial charge on any atom is -0.384 e. The number of aromatic nitrogens is 4. The van der Waals surface area contributed by atoms with Gasteiger partial charge in [0.15, 0.2) is 5.82 Å². The second kappa shape index (κ2) is 3.55. The number of nitrogens with zero attached hydrogens (tertiary/aromatic N) is 4. The van der Waals surface area contributed by atoms with Crippen molar-refractivity contribution in [2.24, 2.45) is 0 Å². The molecule has 0 radical (unpaired) electrons. The number of rotatable bonds is 1. The van der Waals surface area contributed by atoms with Crippen molar-refractivity contribution in [2.45, 2.75) is 6.92 Å². The normalized spacial score (nSPS) is 10.9. The third-order valence-corrected chi connectivity index (χ3v) is 2.58. The van der Waals surface area contributed by atoms with E-state index in [1.54, 1.807) is 4.68 Å². The fourth-order valence-electron chi connectivity index (χ4n) is 1.85. The number of nitrogen functional groups attached to an aromatic ring is 1. The molecule has 2 N–H and O–H groups in total. The van der Waals surface area contributed by atoms with Crippen LogP contribution in [-0.2, 0) is 0 Å². The van der Waals surface area contributed by atoms with Gasteiger partial charge in [-0.15, -0.1) is 0 Å². The van der Waals surface area contributed by atoms with E-state index >= 15 is 0 Å². The summed E-state index contributed by atoms with van der Waals surface area (Å²) in [6, 6.07) is 9.60. The number of anilines is 1. The van der Waals surface area contributed by atoms with Crippen molar-refractivity contribution in [3.63, 3.8) is 0 Å². The number of fused-ring (bicyclic) bond motifs is 1. The zero-order chi connectivity index (χ0) is 11.8. The van der Waals surface area contributed by atoms with Crippen LogP contribution in [0.25, 0.3) is 16.7 Å². The predicted octanol–water partition coefficient (Wildman–Crippen LogP) is 1.71. The number of nitrogens with two attached hydrogens (primary N) is 1. The van der Waals surface area contributed by atoms with E-state index in [1.807, 2.05) is 37.3 Å². The molecule has 2 heterocycles. The second-order valence-electron chi connectivity index (χ2n) is 3.84. The number of hydrogen-bond donors (Lipinski definition) is 1. The summed E-state index contributed by atoms with van der Waals surface area (Å²) in [5.41, 5.74) is 7.65. The van der Waals surface area contributed by atoms with Crippen LogP contribution in [0, 0.1) is 6.92 Å². The molecule has 0 unspecified atom stereocenters. The Balaban J connectivity index is 2.34. The first-order valence-corrected chi connectivity index (χ1v) is 5.28. The van der Waals surface area contributed by atoms with E-state index in [0.29, 0.717) is 11.6 Å². The Hall–Kier alpha value is -2.43. The number of para-hydroxylation sites is 1. The molecule has 0 amide bonds. The molecule has 0 saturated carbocycles. The van der Waals surface area contributed by atoms with Gasteiger partial charge in [-0.2, -0.15) is 9.78 Å². The van der Waals surface area contributed by atoms with Crippen LogP contribution in [0.1, 0.15) is 5.69 Å². The van der Waals surface area contributed by atoms with E-state index in [1.165, 1.54) is 6.33 Å². The maximum atomic E-state index is 5.90. The van der Waals surface area contributed by atoms with Crippen molar-refractivity contribution >= 4 is 16.7 Å². The lowest BCUT2D eigenvalue weighted by molar-refractivity contribution is 0.845. The third kappa shape index (κ3) is 1.52. The first kappa shape index (κ1) is 9.77. The largest absolute Gasteiger partial charge is 0.384 e. The Morgan fingerprint density at radius 1 is 1.18 bits per heavy atom. The second-order valence-corrected chi connectivity index (χ2v) is 3.84. The van der Waals surface area contributed by atoms with Crippen LogP contribution >= 0.6 is 0 Å². The van der Waals surface area contributed by atoms with Gasteiger partial charge in [-0.1, -0.05) is 12.1 Å². The molecule has 0 aliphatic heterocycles. The molecule has 2 aromatic heterocycles. The van der Waals surface area contributed by atoms with Gasteiger partial charge in [0.05, 0.1) is 11.2 Å². The summed E-state index contributed by atoms with van der Waals surface area (Å²) < 4.78 is 1.64. The molecular formula is C12H11N5. The molecule has 0 aliphatic rings. The fraction of sp³-hybridized carbons (Fsp3) is 0.0833. The standard InChI is InChI=1S/C12H11N5/c1-8-6-11(13)17(16-8)12-9-4-2-3-5-10(9)14-7-15-12/h2-7H,13H2,1H3. The van der Waals surface area contributed by atoms with Gasteiger partial charge < -0.3 is 5.73 Å². The highest BCUT2D eigenvalue weighted by molar-refractivity contribution is 5.85. The van der Waals surface area contributed by atoms with Crippen molar-refractivity contribution in [3.05, 3.63) is 42.4 Å². The first-order chi connectivity index (χ1) is 8.25. The van der Waals surface area contributed by atoms with Crippen molar-refractivity contribution in [2.75, 3.05) is 5.73 Å². The van der Waals surface area contributed by atoms with Crippen molar-refractivity contribution < 1.29 is 0 Å². The zero-order valence-corrected chi connectivity index (χ0v) is 9.33. The molecule has 0 atom stereocenters. The van der Waals surface area contributed by atoms with Crippen molar-refractivity contribution in [1.29, 1.82) is 0 Å². The summed E-state index contributed by atoms with van der Waals surface area (Å²) in [6.45, 7) is 1.90. The van der Waals surface area contributed by atoms with Crippen LogP contribution in [-0.4, -0.2) is 19.7 Å². The van der Waals surface area contributed by atoms with Gasteiger partial charge >= 0.3 is 0 Å². The van der Waals surface area contributed by atoms with E-state index in [9.17, 15) is 0 Å². The highest BCUT2D eigenvalue weighted by atomic mass is 15.3. The van der Waals surface area contributed by atoms with E-state index in [2.05, 4.69) is 15.1 Å². The lowest BCUT2D eigenvalue weighted by Gasteiger charge is -2.05. The van der Waals surface area contributed by atoms with E-state index in [4.69, 9.17) is 5.73 Å². The van der Waals surface area contributed by atoms with Crippen LogP contribution < -0.4 is 5.73 Å². The molecule has 84 valence electrons. The van der Waals surface area contributed by atoms with E-state index in [0.717, 1.165) is 16.6 Å². The summed E-state index contributed by atoms with van der Waals surface area (Å²) in [7, 11) is 0. The SMILES string of the molecule is Cc1cc(N)n(-c2ncnc3ccccc23)n1. The maximum absolute atomic E-state index is 5.90. The van der Waals surface area contributed by atoms with E-state index in [-0.39, 0.29) is 0 Å². The summed E-state index contributed by atoms with van der Waals surface area (Å²) in [4.78, 5) is 8.47. The molecule has 5 nitrogen and oxygen atoms in total. The summed E-state index contributed by atoms with van der Waals surface area (Å²) in [5, 5.41) is 5.27. The molecule has 1 aromatic carbocycles. The van der Waals surface area contributed by atoms with Gasteiger partial charge in [0, 0.05) is 11.5 Å². The average molecular weight is 225 g/mol. The minimum atomic E-state index is 0.575. The van der Waals surface area contributed by atoms with Crippen LogP contribution in [0.5, 0.6) is 0 Å². The monoisotopic (exact) mass is 225 g/mol. The Morgan fingerprint density at radius 2 is 2.00 bits per heavy atom. The van der Waals surface area contributed by atoms with Crippen LogP contribution in [0.4, 0.5) is 5.82 Å². The molecule has 3 rings (SSSR count). The topological polar surface area (TPSA) is 69.6 Å². The number of hydrogen-bond acceptors (Lipinski definition) is 4. The Labute approximate surface area is 97.9 Å². The highest BCUT2D eigenvalue weighted by Gasteiger charge is 2.09. The molecule has 0 aliphatic carbocycles. The van der Waals surface area contributed by atoms with Gasteiger partial charge in [-0.05, 0) is 19.1 Å². The van der Waals surface area contributed by atoms with Gasteiger partial charge in [-0.3, -0.25) is 0 Å². The molecule has 0 spiro atoms. The molecule has 17 heavy (non-hydrogen) atoms. The van der Waals surface area contributed by atoms with Crippen LogP contribution in [0.2, 0.25) is 0 Å². The van der Waals surface area contributed by atoms with E-state index < -0.39 is 0 Å². The third-order valence-electron chi connectivity index (χ3n) is 2.58. The average Bonchev–Trinajstić information content (AvgIpc) is 2.68. The highest BCUT2D eigenvalue weighted by Crippen LogP contribution is 2.20. The van der Waals surface area contributed by atoms with Gasteiger partial charge in [0.2, 0.25) is 0 Å². The molecule has 0 saturated heterocycles. The zero-order valence-electron chi connectivity index (χ0n) is 9.33. The summed E-state index contributed by atoms with van der Waals surface area (Å²) in [6.07, 6.45) is 1.52.